The number of carbonyl (C=O) groups excluding carboxylic acids is 2. The molecule has 0 N–H and O–H groups in total. The molecule has 1 unspecified atom stereocenters. The number of ether oxygens (including phenoxy) is 2. The molecule has 130 valence electrons. The maximum absolute atomic E-state index is 12.9. The Morgan fingerprint density at radius 2 is 1.84 bits per heavy atom. The van der Waals surface area contributed by atoms with Gasteiger partial charge in [-0.2, -0.15) is 0 Å². The van der Waals surface area contributed by atoms with Crippen molar-refractivity contribution in [3.63, 3.8) is 0 Å². The van der Waals surface area contributed by atoms with Crippen molar-refractivity contribution in [1.29, 1.82) is 0 Å². The van der Waals surface area contributed by atoms with E-state index in [4.69, 9.17) is 9.47 Å². The highest BCUT2D eigenvalue weighted by Crippen LogP contribution is 2.20. The average molecular weight is 340 g/mol. The first-order chi connectivity index (χ1) is 12.2. The Bertz CT molecular complexity index is 748. The van der Waals surface area contributed by atoms with Crippen LogP contribution in [0.2, 0.25) is 0 Å². The first kappa shape index (κ1) is 17.0. The minimum absolute atomic E-state index is 0.0783. The molecule has 1 amide bonds. The summed E-state index contributed by atoms with van der Waals surface area (Å²) in [5.41, 5.74) is 0.645. The van der Waals surface area contributed by atoms with Gasteiger partial charge in [0.15, 0.2) is 0 Å². The zero-order chi connectivity index (χ0) is 17.6. The van der Waals surface area contributed by atoms with Crippen molar-refractivity contribution in [3.05, 3.63) is 59.9 Å². The third-order valence-corrected chi connectivity index (χ3v) is 4.18. The maximum Gasteiger partial charge on any atom is 0.338 e. The van der Waals surface area contributed by atoms with Crippen LogP contribution in [0.1, 0.15) is 33.6 Å². The number of benzene rings is 1. The number of rotatable bonds is 4. The van der Waals surface area contributed by atoms with Crippen molar-refractivity contribution in [2.75, 3.05) is 20.2 Å². The van der Waals surface area contributed by atoms with Gasteiger partial charge in [-0.05, 0) is 37.1 Å². The number of amides is 1. The molecule has 1 aliphatic rings. The fraction of sp³-hybridized carbons (Fsp3) is 0.316. The monoisotopic (exact) mass is 340 g/mol. The minimum atomic E-state index is -0.509. The smallest absolute Gasteiger partial charge is 0.338 e. The van der Waals surface area contributed by atoms with E-state index >= 15 is 0 Å². The molecular weight excluding hydrogens is 320 g/mol. The number of pyridine rings is 1. The van der Waals surface area contributed by atoms with E-state index in [0.29, 0.717) is 18.7 Å². The quantitative estimate of drug-likeness (QED) is 0.800. The molecule has 6 heteroatoms. The van der Waals surface area contributed by atoms with Gasteiger partial charge in [0.1, 0.15) is 11.9 Å². The van der Waals surface area contributed by atoms with Crippen LogP contribution in [-0.4, -0.2) is 48.1 Å². The number of hydrogen-bond donors (Lipinski definition) is 0. The summed E-state index contributed by atoms with van der Waals surface area (Å²) in [6.07, 6.45) is 5.00. The highest BCUT2D eigenvalue weighted by atomic mass is 16.5. The lowest BCUT2D eigenvalue weighted by atomic mass is 10.0. The number of carbonyl (C=O) groups is 2. The molecular formula is C19H20N2O4. The molecule has 0 radical (unpaired) electrons. The van der Waals surface area contributed by atoms with E-state index in [-0.39, 0.29) is 17.6 Å². The minimum Gasteiger partial charge on any atom is -0.488 e. The lowest BCUT2D eigenvalue weighted by Gasteiger charge is -2.33. The second-order valence-electron chi connectivity index (χ2n) is 5.85. The van der Waals surface area contributed by atoms with Crippen LogP contribution in [0.25, 0.3) is 0 Å². The molecule has 1 atom stereocenters. The average Bonchev–Trinajstić information content (AvgIpc) is 2.68. The summed E-state index contributed by atoms with van der Waals surface area (Å²) in [7, 11) is 1.31. The van der Waals surface area contributed by atoms with Crippen LogP contribution in [-0.2, 0) is 4.74 Å². The Morgan fingerprint density at radius 3 is 2.56 bits per heavy atom. The molecule has 0 aliphatic carbocycles. The number of methoxy groups -OCH3 is 1. The maximum atomic E-state index is 12.9. The number of nitrogens with zero attached hydrogens (tertiary/aromatic N) is 2. The summed E-state index contributed by atoms with van der Waals surface area (Å²) in [5.74, 6) is 0.0545. The molecule has 6 nitrogen and oxygen atoms in total. The van der Waals surface area contributed by atoms with Crippen LogP contribution in [0.15, 0.2) is 48.8 Å². The SMILES string of the molecule is COC(=O)c1ccccc1C(=O)N1CCCC(Oc2ccncc2)C1. The molecule has 1 aliphatic heterocycles. The van der Waals surface area contributed by atoms with Crippen molar-refractivity contribution < 1.29 is 19.1 Å². The van der Waals surface area contributed by atoms with Crippen LogP contribution in [0.4, 0.5) is 0 Å². The number of likely N-dealkylation sites (tertiary alicyclic amines) is 1. The Morgan fingerprint density at radius 1 is 1.12 bits per heavy atom. The van der Waals surface area contributed by atoms with Gasteiger partial charge < -0.3 is 14.4 Å². The molecule has 1 fully saturated rings. The Kier molecular flexibility index (Phi) is 5.28. The van der Waals surface area contributed by atoms with Crippen LogP contribution in [0, 0.1) is 0 Å². The van der Waals surface area contributed by atoms with Gasteiger partial charge in [-0.15, -0.1) is 0 Å². The molecule has 0 bridgehead atoms. The van der Waals surface area contributed by atoms with E-state index in [9.17, 15) is 9.59 Å². The van der Waals surface area contributed by atoms with Crippen molar-refractivity contribution in [2.24, 2.45) is 0 Å². The molecule has 0 spiro atoms. The van der Waals surface area contributed by atoms with Crippen LogP contribution in [0.5, 0.6) is 5.75 Å². The van der Waals surface area contributed by atoms with E-state index < -0.39 is 5.97 Å². The van der Waals surface area contributed by atoms with Gasteiger partial charge in [0.2, 0.25) is 0 Å². The predicted molar refractivity (Wildman–Crippen MR) is 91.6 cm³/mol. The van der Waals surface area contributed by atoms with Crippen molar-refractivity contribution >= 4 is 11.9 Å². The topological polar surface area (TPSA) is 68.7 Å². The van der Waals surface area contributed by atoms with Gasteiger partial charge in [0.05, 0.1) is 24.8 Å². The molecule has 3 rings (SSSR count). The van der Waals surface area contributed by atoms with Crippen LogP contribution < -0.4 is 4.74 Å². The summed E-state index contributed by atoms with van der Waals surface area (Å²) < 4.78 is 10.7. The zero-order valence-electron chi connectivity index (χ0n) is 14.1. The van der Waals surface area contributed by atoms with Crippen LogP contribution >= 0.6 is 0 Å². The molecule has 2 aromatic rings. The van der Waals surface area contributed by atoms with Gasteiger partial charge in [-0.25, -0.2) is 4.79 Å². The standard InChI is InChI=1S/C19H20N2O4/c1-24-19(23)17-7-3-2-6-16(17)18(22)21-12-4-5-15(13-21)25-14-8-10-20-11-9-14/h2-3,6-11,15H,4-5,12-13H2,1H3. The largest absolute Gasteiger partial charge is 0.488 e. The first-order valence-corrected chi connectivity index (χ1v) is 8.22. The Balaban J connectivity index is 1.73. The molecule has 25 heavy (non-hydrogen) atoms. The fourth-order valence-electron chi connectivity index (χ4n) is 2.96. The van der Waals surface area contributed by atoms with E-state index in [0.717, 1.165) is 18.6 Å². The molecule has 1 aromatic carbocycles. The highest BCUT2D eigenvalue weighted by Gasteiger charge is 2.28. The predicted octanol–water partition coefficient (Wildman–Crippen LogP) is 2.55. The van der Waals surface area contributed by atoms with Gasteiger partial charge in [-0.1, -0.05) is 12.1 Å². The van der Waals surface area contributed by atoms with E-state index in [2.05, 4.69) is 4.98 Å². The molecule has 0 saturated carbocycles. The number of piperidine rings is 1. The highest BCUT2D eigenvalue weighted by molar-refractivity contribution is 6.05. The van der Waals surface area contributed by atoms with Gasteiger partial charge in [0.25, 0.3) is 5.91 Å². The lowest BCUT2D eigenvalue weighted by molar-refractivity contribution is 0.0520. The zero-order valence-corrected chi connectivity index (χ0v) is 14.1. The van der Waals surface area contributed by atoms with Crippen molar-refractivity contribution in [3.8, 4) is 5.75 Å². The summed E-state index contributed by atoms with van der Waals surface area (Å²) >= 11 is 0. The first-order valence-electron chi connectivity index (χ1n) is 8.22. The van der Waals surface area contributed by atoms with Crippen molar-refractivity contribution in [1.82, 2.24) is 9.88 Å². The van der Waals surface area contributed by atoms with Gasteiger partial charge in [0, 0.05) is 18.9 Å². The molecule has 2 heterocycles. The third-order valence-electron chi connectivity index (χ3n) is 4.18. The van der Waals surface area contributed by atoms with E-state index in [1.165, 1.54) is 7.11 Å². The normalized spacial score (nSPS) is 17.0. The second kappa shape index (κ2) is 7.79. The van der Waals surface area contributed by atoms with Gasteiger partial charge >= 0.3 is 5.97 Å². The van der Waals surface area contributed by atoms with Gasteiger partial charge in [-0.3, -0.25) is 9.78 Å². The summed E-state index contributed by atoms with van der Waals surface area (Å²) in [6, 6.07) is 10.3. The fourth-order valence-corrected chi connectivity index (χ4v) is 2.96. The van der Waals surface area contributed by atoms with Crippen molar-refractivity contribution in [2.45, 2.75) is 18.9 Å². The summed E-state index contributed by atoms with van der Waals surface area (Å²) in [6.45, 7) is 1.13. The number of hydrogen-bond acceptors (Lipinski definition) is 5. The van der Waals surface area contributed by atoms with E-state index in [1.54, 1.807) is 53.7 Å². The summed E-state index contributed by atoms with van der Waals surface area (Å²) in [4.78, 5) is 30.5. The Hall–Kier alpha value is -2.89. The number of aromatic nitrogens is 1. The molecule has 1 saturated heterocycles. The Labute approximate surface area is 146 Å². The number of esters is 1. The van der Waals surface area contributed by atoms with Crippen LogP contribution in [0.3, 0.4) is 0 Å². The second-order valence-corrected chi connectivity index (χ2v) is 5.85. The van der Waals surface area contributed by atoms with E-state index in [1.807, 2.05) is 0 Å². The molecule has 1 aromatic heterocycles. The summed E-state index contributed by atoms with van der Waals surface area (Å²) in [5, 5.41) is 0. The third kappa shape index (κ3) is 3.96. The lowest BCUT2D eigenvalue weighted by Crippen LogP contribution is -2.44.